The Hall–Kier alpha value is -1.64. The summed E-state index contributed by atoms with van der Waals surface area (Å²) in [5, 5.41) is 3.44. The molecule has 114 valence electrons. The molecular formula is C20H24N2. The third-order valence-corrected chi connectivity index (χ3v) is 5.58. The van der Waals surface area contributed by atoms with Crippen molar-refractivity contribution >= 4 is 0 Å². The van der Waals surface area contributed by atoms with Crippen LogP contribution in [0.1, 0.15) is 35.2 Å². The molecule has 2 heteroatoms. The Bertz CT molecular complexity index is 631. The zero-order chi connectivity index (χ0) is 15.1. The smallest absolute Gasteiger partial charge is 0.0610 e. The molecule has 1 aliphatic heterocycles. The highest BCUT2D eigenvalue weighted by Crippen LogP contribution is 2.40. The molecule has 2 nitrogen and oxygen atoms in total. The number of aryl methyl sites for hydroxylation is 2. The van der Waals surface area contributed by atoms with E-state index in [0.29, 0.717) is 18.1 Å². The Morgan fingerprint density at radius 1 is 0.909 bits per heavy atom. The third kappa shape index (κ3) is 2.10. The maximum atomic E-state index is 3.44. The Kier molecular flexibility index (Phi) is 3.51. The molecule has 0 aromatic heterocycles. The van der Waals surface area contributed by atoms with E-state index in [0.717, 1.165) is 19.4 Å². The van der Waals surface area contributed by atoms with Crippen LogP contribution < -0.4 is 5.32 Å². The van der Waals surface area contributed by atoms with Crippen LogP contribution in [0.25, 0.3) is 0 Å². The fourth-order valence-corrected chi connectivity index (χ4v) is 4.16. The summed E-state index contributed by atoms with van der Waals surface area (Å²) in [6.45, 7) is 3.48. The molecule has 2 aromatic rings. The van der Waals surface area contributed by atoms with Crippen LogP contribution in [0.3, 0.4) is 0 Å². The topological polar surface area (TPSA) is 15.3 Å². The van der Waals surface area contributed by atoms with E-state index in [4.69, 9.17) is 0 Å². The SMILES string of the molecule is CNC1CN(C2c3ccccc3CCc3ccccc32)C1C. The number of hydrogen-bond donors (Lipinski definition) is 1. The van der Waals surface area contributed by atoms with E-state index in [-0.39, 0.29) is 0 Å². The van der Waals surface area contributed by atoms with E-state index in [1.54, 1.807) is 0 Å². The molecule has 0 bridgehead atoms. The number of nitrogens with one attached hydrogen (secondary N) is 1. The zero-order valence-corrected chi connectivity index (χ0v) is 13.4. The monoisotopic (exact) mass is 292 g/mol. The average molecular weight is 292 g/mol. The first-order valence-electron chi connectivity index (χ1n) is 8.38. The largest absolute Gasteiger partial charge is 0.314 e. The molecule has 2 atom stereocenters. The van der Waals surface area contributed by atoms with Crippen molar-refractivity contribution < 1.29 is 0 Å². The highest BCUT2D eigenvalue weighted by molar-refractivity contribution is 5.45. The summed E-state index contributed by atoms with van der Waals surface area (Å²) >= 11 is 0. The summed E-state index contributed by atoms with van der Waals surface area (Å²) in [6.07, 6.45) is 2.31. The van der Waals surface area contributed by atoms with E-state index in [1.165, 1.54) is 22.3 Å². The standard InChI is InChI=1S/C20H24N2/c1-14-19(21-2)13-22(14)20-17-9-5-3-7-15(17)11-12-16-8-4-6-10-18(16)20/h3-10,14,19-21H,11-13H2,1-2H3. The van der Waals surface area contributed by atoms with Gasteiger partial charge in [-0.1, -0.05) is 48.5 Å². The number of likely N-dealkylation sites (tertiary alicyclic amines) is 1. The van der Waals surface area contributed by atoms with Crippen LogP contribution in [0.2, 0.25) is 0 Å². The van der Waals surface area contributed by atoms with Crippen molar-refractivity contribution in [1.29, 1.82) is 0 Å². The Labute approximate surface area is 133 Å². The molecule has 22 heavy (non-hydrogen) atoms. The second-order valence-electron chi connectivity index (χ2n) is 6.63. The zero-order valence-electron chi connectivity index (χ0n) is 13.4. The van der Waals surface area contributed by atoms with Gasteiger partial charge in [-0.3, -0.25) is 4.90 Å². The summed E-state index contributed by atoms with van der Waals surface area (Å²) in [5.41, 5.74) is 6.05. The molecule has 2 unspecified atom stereocenters. The number of nitrogens with zero attached hydrogens (tertiary/aromatic N) is 1. The van der Waals surface area contributed by atoms with Gasteiger partial charge >= 0.3 is 0 Å². The van der Waals surface area contributed by atoms with Crippen molar-refractivity contribution in [3.05, 3.63) is 70.8 Å². The number of benzene rings is 2. The predicted octanol–water partition coefficient (Wildman–Crippen LogP) is 3.17. The maximum absolute atomic E-state index is 3.44. The fraction of sp³-hybridized carbons (Fsp3) is 0.400. The lowest BCUT2D eigenvalue weighted by molar-refractivity contribution is 0.0298. The lowest BCUT2D eigenvalue weighted by Crippen LogP contribution is -2.64. The number of likely N-dealkylation sites (N-methyl/N-ethyl adjacent to an activating group) is 1. The van der Waals surface area contributed by atoms with E-state index in [9.17, 15) is 0 Å². The van der Waals surface area contributed by atoms with Gasteiger partial charge in [0, 0.05) is 18.6 Å². The van der Waals surface area contributed by atoms with Gasteiger partial charge in [-0.25, -0.2) is 0 Å². The first-order chi connectivity index (χ1) is 10.8. The van der Waals surface area contributed by atoms with Crippen LogP contribution in [-0.4, -0.2) is 30.6 Å². The summed E-state index contributed by atoms with van der Waals surface area (Å²) in [7, 11) is 2.08. The van der Waals surface area contributed by atoms with Gasteiger partial charge in [0.2, 0.25) is 0 Å². The molecule has 1 N–H and O–H groups in total. The first-order valence-corrected chi connectivity index (χ1v) is 8.38. The number of hydrogen-bond acceptors (Lipinski definition) is 2. The lowest BCUT2D eigenvalue weighted by atomic mass is 9.86. The molecule has 2 aromatic carbocycles. The molecule has 0 saturated carbocycles. The van der Waals surface area contributed by atoms with Crippen molar-refractivity contribution in [3.8, 4) is 0 Å². The van der Waals surface area contributed by atoms with Gasteiger partial charge in [-0.2, -0.15) is 0 Å². The van der Waals surface area contributed by atoms with Crippen molar-refractivity contribution in [3.63, 3.8) is 0 Å². The van der Waals surface area contributed by atoms with Crippen molar-refractivity contribution in [2.24, 2.45) is 0 Å². The third-order valence-electron chi connectivity index (χ3n) is 5.58. The van der Waals surface area contributed by atoms with Crippen LogP contribution in [0.15, 0.2) is 48.5 Å². The van der Waals surface area contributed by atoms with Crippen molar-refractivity contribution in [1.82, 2.24) is 10.2 Å². The van der Waals surface area contributed by atoms with Gasteiger partial charge < -0.3 is 5.32 Å². The quantitative estimate of drug-likeness (QED) is 0.914. The molecule has 0 amide bonds. The molecule has 2 aliphatic rings. The highest BCUT2D eigenvalue weighted by Gasteiger charge is 2.41. The van der Waals surface area contributed by atoms with E-state index in [2.05, 4.69) is 72.7 Å². The van der Waals surface area contributed by atoms with Gasteiger partial charge in [-0.15, -0.1) is 0 Å². The second-order valence-corrected chi connectivity index (χ2v) is 6.63. The van der Waals surface area contributed by atoms with E-state index >= 15 is 0 Å². The van der Waals surface area contributed by atoms with Crippen LogP contribution in [0, 0.1) is 0 Å². The van der Waals surface area contributed by atoms with E-state index in [1.807, 2.05) is 0 Å². The predicted molar refractivity (Wildman–Crippen MR) is 91.2 cm³/mol. The summed E-state index contributed by atoms with van der Waals surface area (Å²) in [4.78, 5) is 2.66. The molecule has 4 rings (SSSR count). The minimum atomic E-state index is 0.412. The summed E-state index contributed by atoms with van der Waals surface area (Å²) in [6, 6.07) is 19.7. The van der Waals surface area contributed by atoms with Crippen LogP contribution in [-0.2, 0) is 12.8 Å². The van der Waals surface area contributed by atoms with Crippen molar-refractivity contribution in [2.45, 2.75) is 37.9 Å². The minimum absolute atomic E-state index is 0.412. The minimum Gasteiger partial charge on any atom is -0.314 e. The van der Waals surface area contributed by atoms with Gasteiger partial charge in [0.05, 0.1) is 6.04 Å². The molecule has 1 fully saturated rings. The molecule has 1 saturated heterocycles. The number of rotatable bonds is 2. The molecule has 0 spiro atoms. The second kappa shape index (κ2) is 5.53. The first kappa shape index (κ1) is 14.0. The Balaban J connectivity index is 1.82. The lowest BCUT2D eigenvalue weighted by Gasteiger charge is -2.51. The fourth-order valence-electron chi connectivity index (χ4n) is 4.16. The molecular weight excluding hydrogens is 268 g/mol. The summed E-state index contributed by atoms with van der Waals surface area (Å²) < 4.78 is 0. The van der Waals surface area contributed by atoms with Gasteiger partial charge in [-0.05, 0) is 49.1 Å². The summed E-state index contributed by atoms with van der Waals surface area (Å²) in [5.74, 6) is 0. The Morgan fingerprint density at radius 2 is 1.45 bits per heavy atom. The van der Waals surface area contributed by atoms with Crippen LogP contribution in [0.5, 0.6) is 0 Å². The van der Waals surface area contributed by atoms with Gasteiger partial charge in [0.1, 0.15) is 0 Å². The molecule has 1 heterocycles. The van der Waals surface area contributed by atoms with Crippen molar-refractivity contribution in [2.75, 3.05) is 13.6 Å². The maximum Gasteiger partial charge on any atom is 0.0610 e. The molecule has 1 aliphatic carbocycles. The number of fused-ring (bicyclic) bond motifs is 2. The molecule has 0 radical (unpaired) electrons. The Morgan fingerprint density at radius 3 is 1.95 bits per heavy atom. The van der Waals surface area contributed by atoms with Crippen LogP contribution in [0.4, 0.5) is 0 Å². The highest BCUT2D eigenvalue weighted by atomic mass is 15.3. The van der Waals surface area contributed by atoms with Gasteiger partial charge in [0.15, 0.2) is 0 Å². The van der Waals surface area contributed by atoms with E-state index < -0.39 is 0 Å². The van der Waals surface area contributed by atoms with Gasteiger partial charge in [0.25, 0.3) is 0 Å². The van der Waals surface area contributed by atoms with Crippen LogP contribution >= 0.6 is 0 Å². The average Bonchev–Trinajstić information content (AvgIpc) is 2.72. The normalized spacial score (nSPS) is 25.0.